The smallest absolute Gasteiger partial charge is 0.341 e. The van der Waals surface area contributed by atoms with Gasteiger partial charge in [0.05, 0.1) is 18.8 Å². The van der Waals surface area contributed by atoms with E-state index in [1.165, 1.54) is 7.11 Å². The number of carbonyl (C=O) groups is 1. The average Bonchev–Trinajstić information content (AvgIpc) is 2.60. The lowest BCUT2D eigenvalue weighted by molar-refractivity contribution is -0.139. The van der Waals surface area contributed by atoms with E-state index in [0.717, 1.165) is 5.56 Å². The highest BCUT2D eigenvalue weighted by molar-refractivity contribution is 9.10. The molecule has 5 nitrogen and oxygen atoms in total. The maximum Gasteiger partial charge on any atom is 0.341 e. The van der Waals surface area contributed by atoms with Crippen molar-refractivity contribution in [2.45, 2.75) is 0 Å². The van der Waals surface area contributed by atoms with Crippen molar-refractivity contribution in [1.82, 2.24) is 0 Å². The maximum atomic E-state index is 10.7. The molecule has 0 bridgehead atoms. The van der Waals surface area contributed by atoms with Gasteiger partial charge in [0, 0.05) is 9.50 Å². The van der Waals surface area contributed by atoms with Crippen LogP contribution in [-0.2, 0) is 4.79 Å². The van der Waals surface area contributed by atoms with E-state index in [0.29, 0.717) is 32.1 Å². The highest BCUT2D eigenvalue weighted by Crippen LogP contribution is 2.35. The molecule has 2 rings (SSSR count). The fourth-order valence-electron chi connectivity index (χ4n) is 2.04. The molecular formula is C18H13BrClNO4. The molecule has 0 saturated heterocycles. The molecule has 0 unspecified atom stereocenters. The number of ether oxygens (including phenoxy) is 2. The van der Waals surface area contributed by atoms with Gasteiger partial charge in [0.25, 0.3) is 0 Å². The summed E-state index contributed by atoms with van der Waals surface area (Å²) in [7, 11) is 1.45. The van der Waals surface area contributed by atoms with Crippen molar-refractivity contribution in [2.75, 3.05) is 13.7 Å². The number of nitriles is 1. The van der Waals surface area contributed by atoms with Gasteiger partial charge in [-0.15, -0.1) is 0 Å². The summed E-state index contributed by atoms with van der Waals surface area (Å²) in [5.74, 6) is -0.431. The number of halogens is 2. The standard InChI is InChI=1S/C18H13BrClNO4/c1-24-16-7-12(15(19)8-17(16)25-10-18(22)23)6-13(9-21)11-2-4-14(20)5-3-11/h2-8H,10H2,1H3,(H,22,23). The molecule has 2 aromatic carbocycles. The zero-order valence-corrected chi connectivity index (χ0v) is 15.5. The molecule has 0 radical (unpaired) electrons. The summed E-state index contributed by atoms with van der Waals surface area (Å²) in [5.41, 5.74) is 1.86. The van der Waals surface area contributed by atoms with Gasteiger partial charge in [-0.25, -0.2) is 4.79 Å². The van der Waals surface area contributed by atoms with Crippen LogP contribution in [0.25, 0.3) is 11.6 Å². The van der Waals surface area contributed by atoms with Crippen LogP contribution >= 0.6 is 27.5 Å². The first-order valence-corrected chi connectivity index (χ1v) is 8.21. The number of benzene rings is 2. The molecule has 128 valence electrons. The second kappa shape index (κ2) is 8.56. The second-order valence-electron chi connectivity index (χ2n) is 4.88. The molecule has 1 N–H and O–H groups in total. The Hall–Kier alpha value is -2.49. The van der Waals surface area contributed by atoms with Crippen LogP contribution in [0.5, 0.6) is 11.5 Å². The molecule has 0 amide bonds. The van der Waals surface area contributed by atoms with E-state index >= 15 is 0 Å². The lowest BCUT2D eigenvalue weighted by Crippen LogP contribution is -2.10. The van der Waals surface area contributed by atoms with E-state index < -0.39 is 12.6 Å². The largest absolute Gasteiger partial charge is 0.493 e. The predicted octanol–water partition coefficient (Wildman–Crippen LogP) is 4.64. The van der Waals surface area contributed by atoms with Crippen LogP contribution in [0, 0.1) is 11.3 Å². The first-order valence-electron chi connectivity index (χ1n) is 7.04. The Balaban J connectivity index is 2.42. The summed E-state index contributed by atoms with van der Waals surface area (Å²) in [6.45, 7) is -0.480. The zero-order valence-electron chi connectivity index (χ0n) is 13.1. The monoisotopic (exact) mass is 421 g/mol. The fourth-order valence-corrected chi connectivity index (χ4v) is 2.60. The van der Waals surface area contributed by atoms with Crippen molar-refractivity contribution >= 4 is 45.1 Å². The lowest BCUT2D eigenvalue weighted by Gasteiger charge is -2.12. The number of nitrogens with zero attached hydrogens (tertiary/aromatic N) is 1. The van der Waals surface area contributed by atoms with Crippen LogP contribution in [-0.4, -0.2) is 24.8 Å². The number of rotatable bonds is 6. The van der Waals surface area contributed by atoms with E-state index in [1.807, 2.05) is 0 Å². The molecule has 0 fully saturated rings. The Bertz CT molecular complexity index is 857. The molecule has 0 aromatic heterocycles. The molecule has 0 aliphatic heterocycles. The van der Waals surface area contributed by atoms with Gasteiger partial charge in [-0.05, 0) is 41.5 Å². The van der Waals surface area contributed by atoms with Crippen molar-refractivity contribution in [3.05, 3.63) is 57.0 Å². The highest BCUT2D eigenvalue weighted by Gasteiger charge is 2.12. The summed E-state index contributed by atoms with van der Waals surface area (Å²) < 4.78 is 11.1. The molecular weight excluding hydrogens is 410 g/mol. The van der Waals surface area contributed by atoms with Crippen molar-refractivity contribution in [3.63, 3.8) is 0 Å². The van der Waals surface area contributed by atoms with Crippen LogP contribution in [0.2, 0.25) is 5.02 Å². The quantitative estimate of drug-likeness (QED) is 0.542. The first-order chi connectivity index (χ1) is 11.9. The van der Waals surface area contributed by atoms with Gasteiger partial charge < -0.3 is 14.6 Å². The van der Waals surface area contributed by atoms with Crippen LogP contribution < -0.4 is 9.47 Å². The van der Waals surface area contributed by atoms with E-state index in [1.54, 1.807) is 42.5 Å². The third-order valence-corrected chi connectivity index (χ3v) is 4.15. The van der Waals surface area contributed by atoms with Gasteiger partial charge in [-0.2, -0.15) is 5.26 Å². The summed E-state index contributed by atoms with van der Waals surface area (Å²) in [5, 5.41) is 18.8. The number of allylic oxidation sites excluding steroid dienone is 1. The second-order valence-corrected chi connectivity index (χ2v) is 6.17. The maximum absolute atomic E-state index is 10.7. The number of carboxylic acid groups (broad SMARTS) is 1. The van der Waals surface area contributed by atoms with Gasteiger partial charge in [0.15, 0.2) is 18.1 Å². The van der Waals surface area contributed by atoms with Crippen molar-refractivity contribution < 1.29 is 19.4 Å². The summed E-state index contributed by atoms with van der Waals surface area (Å²) in [6.07, 6.45) is 1.69. The van der Waals surface area contributed by atoms with Crippen LogP contribution in [0.1, 0.15) is 11.1 Å². The van der Waals surface area contributed by atoms with Crippen LogP contribution in [0.3, 0.4) is 0 Å². The topological polar surface area (TPSA) is 79.5 Å². The molecule has 25 heavy (non-hydrogen) atoms. The number of aliphatic carboxylic acids is 1. The minimum Gasteiger partial charge on any atom is -0.493 e. The normalized spacial score (nSPS) is 10.9. The Morgan fingerprint density at radius 3 is 2.56 bits per heavy atom. The fraction of sp³-hybridized carbons (Fsp3) is 0.111. The SMILES string of the molecule is COc1cc(C=C(C#N)c2ccc(Cl)cc2)c(Br)cc1OCC(=O)O. The summed E-state index contributed by atoms with van der Waals surface area (Å²) in [4.78, 5) is 10.7. The van der Waals surface area contributed by atoms with E-state index in [-0.39, 0.29) is 0 Å². The van der Waals surface area contributed by atoms with E-state index in [9.17, 15) is 10.1 Å². The highest BCUT2D eigenvalue weighted by atomic mass is 79.9. The Kier molecular flexibility index (Phi) is 6.45. The van der Waals surface area contributed by atoms with Gasteiger partial charge in [-0.1, -0.05) is 39.7 Å². The minimum absolute atomic E-state index is 0.291. The van der Waals surface area contributed by atoms with Crippen LogP contribution in [0.4, 0.5) is 0 Å². The predicted molar refractivity (Wildman–Crippen MR) is 98.8 cm³/mol. The molecule has 7 heteroatoms. The zero-order chi connectivity index (χ0) is 18.4. The molecule has 0 aliphatic rings. The number of carboxylic acids is 1. The van der Waals surface area contributed by atoms with E-state index in [4.69, 9.17) is 26.2 Å². The molecule has 0 aliphatic carbocycles. The Morgan fingerprint density at radius 1 is 1.32 bits per heavy atom. The molecule has 0 saturated carbocycles. The number of hydrogen-bond acceptors (Lipinski definition) is 4. The summed E-state index contributed by atoms with van der Waals surface area (Å²) >= 11 is 9.27. The molecule has 0 atom stereocenters. The van der Waals surface area contributed by atoms with Gasteiger partial charge in [0.1, 0.15) is 0 Å². The van der Waals surface area contributed by atoms with Crippen molar-refractivity contribution in [1.29, 1.82) is 5.26 Å². The molecule has 0 spiro atoms. The lowest BCUT2D eigenvalue weighted by atomic mass is 10.0. The van der Waals surface area contributed by atoms with Crippen molar-refractivity contribution in [3.8, 4) is 17.6 Å². The third-order valence-electron chi connectivity index (χ3n) is 3.21. The Morgan fingerprint density at radius 2 is 2.00 bits per heavy atom. The Labute approximate surface area is 158 Å². The average molecular weight is 423 g/mol. The van der Waals surface area contributed by atoms with Crippen LogP contribution in [0.15, 0.2) is 40.9 Å². The molecule has 0 heterocycles. The molecule has 2 aromatic rings. The van der Waals surface area contributed by atoms with Crippen molar-refractivity contribution in [2.24, 2.45) is 0 Å². The first kappa shape index (κ1) is 18.8. The summed E-state index contributed by atoms with van der Waals surface area (Å²) in [6, 6.07) is 12.3. The van der Waals surface area contributed by atoms with Gasteiger partial charge >= 0.3 is 5.97 Å². The number of methoxy groups -OCH3 is 1. The number of hydrogen-bond donors (Lipinski definition) is 1. The van der Waals surface area contributed by atoms with Gasteiger partial charge in [0.2, 0.25) is 0 Å². The minimum atomic E-state index is -1.09. The van der Waals surface area contributed by atoms with Gasteiger partial charge in [-0.3, -0.25) is 0 Å². The third kappa shape index (κ3) is 4.99. The van der Waals surface area contributed by atoms with E-state index in [2.05, 4.69) is 22.0 Å².